The van der Waals surface area contributed by atoms with Gasteiger partial charge in [0.05, 0.1) is 24.9 Å². The molecular formula is C15H21NO5. The molecule has 1 fully saturated rings. The Bertz CT molecular complexity index is 473. The van der Waals surface area contributed by atoms with Gasteiger partial charge in [0.25, 0.3) is 0 Å². The quantitative estimate of drug-likeness (QED) is 0.582. The summed E-state index contributed by atoms with van der Waals surface area (Å²) in [5, 5.41) is 9.35. The highest BCUT2D eigenvalue weighted by Gasteiger charge is 2.52. The molecule has 2 aliphatic rings. The molecule has 0 heterocycles. The third-order valence-corrected chi connectivity index (χ3v) is 4.36. The topological polar surface area (TPSA) is 83.9 Å². The molecule has 0 aliphatic heterocycles. The first-order chi connectivity index (χ1) is 9.95. The SMILES string of the molecule is CCOC(=O)CCN(C)C(=O)C1C2C=CC(C2)C1C(=O)O. The molecule has 6 nitrogen and oxygen atoms in total. The first-order valence-electron chi connectivity index (χ1n) is 7.27. The lowest BCUT2D eigenvalue weighted by atomic mass is 9.82. The van der Waals surface area contributed by atoms with E-state index in [0.717, 1.165) is 6.42 Å². The second kappa shape index (κ2) is 6.28. The normalized spacial score (nSPS) is 29.4. The molecule has 0 saturated heterocycles. The van der Waals surface area contributed by atoms with Crippen LogP contribution in [0.4, 0.5) is 0 Å². The van der Waals surface area contributed by atoms with E-state index in [4.69, 9.17) is 4.74 Å². The fraction of sp³-hybridized carbons (Fsp3) is 0.667. The lowest BCUT2D eigenvalue weighted by Gasteiger charge is -2.28. The summed E-state index contributed by atoms with van der Waals surface area (Å²) in [5.74, 6) is -2.64. The lowest BCUT2D eigenvalue weighted by molar-refractivity contribution is -0.151. The van der Waals surface area contributed by atoms with Gasteiger partial charge in [0.15, 0.2) is 0 Å². The summed E-state index contributed by atoms with van der Waals surface area (Å²) in [7, 11) is 1.61. The van der Waals surface area contributed by atoms with Gasteiger partial charge < -0.3 is 14.7 Å². The zero-order valence-electron chi connectivity index (χ0n) is 12.3. The van der Waals surface area contributed by atoms with Crippen molar-refractivity contribution < 1.29 is 24.2 Å². The van der Waals surface area contributed by atoms with Crippen LogP contribution in [0.25, 0.3) is 0 Å². The summed E-state index contributed by atoms with van der Waals surface area (Å²) in [5.41, 5.74) is 0. The van der Waals surface area contributed by atoms with Gasteiger partial charge in [-0.2, -0.15) is 0 Å². The minimum atomic E-state index is -0.913. The largest absolute Gasteiger partial charge is 0.481 e. The molecule has 1 amide bonds. The van der Waals surface area contributed by atoms with Crippen LogP contribution in [0.3, 0.4) is 0 Å². The number of rotatable bonds is 6. The molecule has 2 aliphatic carbocycles. The zero-order valence-corrected chi connectivity index (χ0v) is 12.3. The minimum absolute atomic E-state index is 0.00800. The molecule has 2 rings (SSSR count). The van der Waals surface area contributed by atoms with E-state index >= 15 is 0 Å². The third kappa shape index (κ3) is 3.09. The maximum absolute atomic E-state index is 12.5. The highest BCUT2D eigenvalue weighted by Crippen LogP contribution is 2.48. The molecule has 0 aromatic carbocycles. The van der Waals surface area contributed by atoms with Crippen LogP contribution in [-0.4, -0.2) is 48.1 Å². The van der Waals surface area contributed by atoms with E-state index in [2.05, 4.69) is 0 Å². The monoisotopic (exact) mass is 295 g/mol. The fourth-order valence-corrected chi connectivity index (χ4v) is 3.35. The summed E-state index contributed by atoms with van der Waals surface area (Å²) >= 11 is 0. The molecule has 0 aromatic rings. The van der Waals surface area contributed by atoms with Gasteiger partial charge in [0.1, 0.15) is 0 Å². The number of fused-ring (bicyclic) bond motifs is 2. The Morgan fingerprint density at radius 2 is 1.86 bits per heavy atom. The highest BCUT2D eigenvalue weighted by atomic mass is 16.5. The van der Waals surface area contributed by atoms with Gasteiger partial charge in [0, 0.05) is 13.6 Å². The van der Waals surface area contributed by atoms with E-state index in [0.29, 0.717) is 6.61 Å². The van der Waals surface area contributed by atoms with Gasteiger partial charge in [-0.05, 0) is 25.2 Å². The molecule has 1 N–H and O–H groups in total. The minimum Gasteiger partial charge on any atom is -0.481 e. The van der Waals surface area contributed by atoms with Crippen LogP contribution in [0.1, 0.15) is 19.8 Å². The van der Waals surface area contributed by atoms with Crippen LogP contribution in [0.2, 0.25) is 0 Å². The van der Waals surface area contributed by atoms with Gasteiger partial charge in [-0.15, -0.1) is 0 Å². The van der Waals surface area contributed by atoms with Gasteiger partial charge in [-0.25, -0.2) is 0 Å². The number of carboxylic acids is 1. The Morgan fingerprint density at radius 1 is 1.24 bits per heavy atom. The van der Waals surface area contributed by atoms with Gasteiger partial charge in [-0.1, -0.05) is 12.2 Å². The van der Waals surface area contributed by atoms with E-state index in [1.807, 2.05) is 12.2 Å². The van der Waals surface area contributed by atoms with Crippen molar-refractivity contribution in [2.24, 2.45) is 23.7 Å². The molecule has 0 spiro atoms. The van der Waals surface area contributed by atoms with Crippen LogP contribution in [0.5, 0.6) is 0 Å². The van der Waals surface area contributed by atoms with Crippen molar-refractivity contribution in [2.75, 3.05) is 20.2 Å². The van der Waals surface area contributed by atoms with Crippen LogP contribution < -0.4 is 0 Å². The summed E-state index contributed by atoms with van der Waals surface area (Å²) in [6, 6.07) is 0. The van der Waals surface area contributed by atoms with Gasteiger partial charge in [0.2, 0.25) is 5.91 Å². The van der Waals surface area contributed by atoms with Crippen molar-refractivity contribution in [3.05, 3.63) is 12.2 Å². The van der Waals surface area contributed by atoms with Crippen LogP contribution in [0.15, 0.2) is 12.2 Å². The lowest BCUT2D eigenvalue weighted by Crippen LogP contribution is -2.41. The van der Waals surface area contributed by atoms with Crippen LogP contribution in [0, 0.1) is 23.7 Å². The zero-order chi connectivity index (χ0) is 15.6. The highest BCUT2D eigenvalue weighted by molar-refractivity contribution is 5.87. The number of esters is 1. The molecular weight excluding hydrogens is 274 g/mol. The number of allylic oxidation sites excluding steroid dienone is 2. The van der Waals surface area contributed by atoms with Crippen LogP contribution in [-0.2, 0) is 19.1 Å². The third-order valence-electron chi connectivity index (χ3n) is 4.36. The molecule has 4 atom stereocenters. The molecule has 1 saturated carbocycles. The second-order valence-corrected chi connectivity index (χ2v) is 5.65. The van der Waals surface area contributed by atoms with E-state index < -0.39 is 17.8 Å². The Balaban J connectivity index is 1.97. The number of hydrogen-bond acceptors (Lipinski definition) is 4. The van der Waals surface area contributed by atoms with Crippen LogP contribution >= 0.6 is 0 Å². The van der Waals surface area contributed by atoms with E-state index in [-0.39, 0.29) is 36.7 Å². The average Bonchev–Trinajstić information content (AvgIpc) is 3.04. The summed E-state index contributed by atoms with van der Waals surface area (Å²) in [6.45, 7) is 2.29. The van der Waals surface area contributed by atoms with Gasteiger partial charge >= 0.3 is 11.9 Å². The summed E-state index contributed by atoms with van der Waals surface area (Å²) in [6.07, 6.45) is 4.72. The van der Waals surface area contributed by atoms with Crippen molar-refractivity contribution in [2.45, 2.75) is 19.8 Å². The molecule has 0 radical (unpaired) electrons. The standard InChI is InChI=1S/C15H21NO5/c1-3-21-11(17)6-7-16(2)14(18)12-9-4-5-10(8-9)13(12)15(19)20/h4-5,9-10,12-13H,3,6-8H2,1-2H3,(H,19,20). The average molecular weight is 295 g/mol. The maximum atomic E-state index is 12.5. The number of amides is 1. The number of carbonyl (C=O) groups excluding carboxylic acids is 2. The summed E-state index contributed by atoms with van der Waals surface area (Å²) in [4.78, 5) is 36.7. The molecule has 2 bridgehead atoms. The Kier molecular flexibility index (Phi) is 4.65. The Hall–Kier alpha value is -1.85. The van der Waals surface area contributed by atoms with Crippen molar-refractivity contribution in [1.29, 1.82) is 0 Å². The number of ether oxygens (including phenoxy) is 1. The van der Waals surface area contributed by atoms with Crippen molar-refractivity contribution in [1.82, 2.24) is 4.90 Å². The van der Waals surface area contributed by atoms with E-state index in [9.17, 15) is 19.5 Å². The predicted octanol–water partition coefficient (Wildman–Crippen LogP) is 0.921. The van der Waals surface area contributed by atoms with Crippen molar-refractivity contribution in [3.8, 4) is 0 Å². The number of aliphatic carboxylic acids is 1. The molecule has 21 heavy (non-hydrogen) atoms. The number of carboxylic acid groups (broad SMARTS) is 1. The second-order valence-electron chi connectivity index (χ2n) is 5.65. The Labute approximate surface area is 123 Å². The number of carbonyl (C=O) groups is 3. The molecule has 4 unspecified atom stereocenters. The molecule has 116 valence electrons. The van der Waals surface area contributed by atoms with Crippen molar-refractivity contribution >= 4 is 17.8 Å². The van der Waals surface area contributed by atoms with Crippen molar-refractivity contribution in [3.63, 3.8) is 0 Å². The smallest absolute Gasteiger partial charge is 0.307 e. The van der Waals surface area contributed by atoms with Gasteiger partial charge in [-0.3, -0.25) is 14.4 Å². The first kappa shape index (κ1) is 15.5. The van der Waals surface area contributed by atoms with E-state index in [1.165, 1.54) is 4.90 Å². The Morgan fingerprint density at radius 3 is 2.43 bits per heavy atom. The molecule has 0 aromatic heterocycles. The number of nitrogens with zero attached hydrogens (tertiary/aromatic N) is 1. The maximum Gasteiger partial charge on any atom is 0.307 e. The molecule has 6 heteroatoms. The summed E-state index contributed by atoms with van der Waals surface area (Å²) < 4.78 is 4.82. The number of hydrogen-bond donors (Lipinski definition) is 1. The predicted molar refractivity (Wildman–Crippen MR) is 74.2 cm³/mol. The van der Waals surface area contributed by atoms with E-state index in [1.54, 1.807) is 14.0 Å². The fourth-order valence-electron chi connectivity index (χ4n) is 3.35. The first-order valence-corrected chi connectivity index (χ1v) is 7.27.